The molecule has 0 spiro atoms. The molecule has 2 heterocycles. The number of hydrogen-bond donors (Lipinski definition) is 1. The van der Waals surface area contributed by atoms with Crippen LogP contribution >= 0.6 is 0 Å². The highest BCUT2D eigenvalue weighted by molar-refractivity contribution is 5.76. The van der Waals surface area contributed by atoms with Crippen LogP contribution < -0.4 is 10.1 Å². The molecule has 2 aromatic rings. The van der Waals surface area contributed by atoms with E-state index in [9.17, 15) is 9.18 Å². The number of benzene rings is 1. The molecule has 1 amide bonds. The zero-order chi connectivity index (χ0) is 17.8. The van der Waals surface area contributed by atoms with E-state index in [4.69, 9.17) is 9.47 Å². The Bertz CT molecular complexity index is 747. The predicted octanol–water partition coefficient (Wildman–Crippen LogP) is 1.99. The van der Waals surface area contributed by atoms with Gasteiger partial charge in [0.05, 0.1) is 24.7 Å². The summed E-state index contributed by atoms with van der Waals surface area (Å²) in [5.74, 6) is -0.0446. The van der Waals surface area contributed by atoms with E-state index in [0.29, 0.717) is 25.4 Å². The van der Waals surface area contributed by atoms with Crippen molar-refractivity contribution in [2.75, 3.05) is 13.2 Å². The fourth-order valence-corrected chi connectivity index (χ4v) is 2.82. The van der Waals surface area contributed by atoms with E-state index in [2.05, 4.69) is 10.3 Å². The van der Waals surface area contributed by atoms with Gasteiger partial charge in [-0.05, 0) is 32.4 Å². The average Bonchev–Trinajstić information content (AvgIpc) is 2.89. The molecule has 1 aromatic heterocycles. The molecule has 1 aliphatic heterocycles. The Hall–Kier alpha value is -2.41. The van der Waals surface area contributed by atoms with Gasteiger partial charge < -0.3 is 19.4 Å². The van der Waals surface area contributed by atoms with Crippen molar-refractivity contribution in [2.24, 2.45) is 0 Å². The van der Waals surface area contributed by atoms with Crippen molar-refractivity contribution in [1.29, 1.82) is 0 Å². The number of carbonyl (C=O) groups excluding carboxylic acids is 1. The number of nitrogens with one attached hydrogen (secondary N) is 1. The van der Waals surface area contributed by atoms with Crippen LogP contribution in [0.1, 0.15) is 17.8 Å². The number of imidazole rings is 1. The van der Waals surface area contributed by atoms with Crippen LogP contribution in [-0.2, 0) is 16.1 Å². The number of hydrogen-bond acceptors (Lipinski definition) is 4. The topological polar surface area (TPSA) is 65.4 Å². The number of rotatable bonds is 5. The lowest BCUT2D eigenvalue weighted by molar-refractivity contribution is -0.124. The van der Waals surface area contributed by atoms with Gasteiger partial charge in [0.1, 0.15) is 24.2 Å². The molecule has 134 valence electrons. The summed E-state index contributed by atoms with van der Waals surface area (Å²) in [5, 5.41) is 3.00. The average molecular weight is 347 g/mol. The molecule has 25 heavy (non-hydrogen) atoms. The molecule has 3 rings (SSSR count). The number of aryl methyl sites for hydroxylation is 1. The van der Waals surface area contributed by atoms with Crippen molar-refractivity contribution in [3.05, 3.63) is 47.8 Å². The summed E-state index contributed by atoms with van der Waals surface area (Å²) in [4.78, 5) is 16.6. The third kappa shape index (κ3) is 4.36. The summed E-state index contributed by atoms with van der Waals surface area (Å²) in [6.45, 7) is 4.95. The maximum atomic E-state index is 13.3. The zero-order valence-corrected chi connectivity index (χ0v) is 14.4. The van der Waals surface area contributed by atoms with E-state index in [0.717, 1.165) is 11.4 Å². The largest absolute Gasteiger partial charge is 0.486 e. The van der Waals surface area contributed by atoms with E-state index in [-0.39, 0.29) is 30.4 Å². The monoisotopic (exact) mass is 347 g/mol. The maximum absolute atomic E-state index is 13.3. The van der Waals surface area contributed by atoms with Crippen LogP contribution in [0.2, 0.25) is 0 Å². The summed E-state index contributed by atoms with van der Waals surface area (Å²) in [6.07, 6.45) is 1.95. The molecule has 6 nitrogen and oxygen atoms in total. The van der Waals surface area contributed by atoms with Crippen molar-refractivity contribution in [3.63, 3.8) is 0 Å². The fraction of sp³-hybridized carbons (Fsp3) is 0.444. The maximum Gasteiger partial charge on any atom is 0.240 e. The Labute approximate surface area is 146 Å². The summed E-state index contributed by atoms with van der Waals surface area (Å²) in [5.41, 5.74) is 1.88. The van der Waals surface area contributed by atoms with Gasteiger partial charge in [-0.25, -0.2) is 9.37 Å². The first-order valence-electron chi connectivity index (χ1n) is 8.30. The number of halogens is 1. The Morgan fingerprint density at radius 1 is 1.48 bits per heavy atom. The van der Waals surface area contributed by atoms with Gasteiger partial charge in [-0.1, -0.05) is 6.07 Å². The molecular formula is C18H22FN3O3. The van der Waals surface area contributed by atoms with Crippen molar-refractivity contribution < 1.29 is 18.7 Å². The third-order valence-corrected chi connectivity index (χ3v) is 4.39. The van der Waals surface area contributed by atoms with Crippen molar-refractivity contribution in [2.45, 2.75) is 39.0 Å². The van der Waals surface area contributed by atoms with Gasteiger partial charge in [0.2, 0.25) is 5.91 Å². The zero-order valence-electron chi connectivity index (χ0n) is 14.4. The number of nitrogens with zero attached hydrogens (tertiary/aromatic N) is 2. The van der Waals surface area contributed by atoms with Crippen molar-refractivity contribution in [3.8, 4) is 5.75 Å². The summed E-state index contributed by atoms with van der Waals surface area (Å²) >= 11 is 0. The van der Waals surface area contributed by atoms with Crippen molar-refractivity contribution >= 4 is 5.91 Å². The van der Waals surface area contributed by atoms with Gasteiger partial charge in [0.25, 0.3) is 0 Å². The molecule has 1 N–H and O–H groups in total. The van der Waals surface area contributed by atoms with Crippen LogP contribution in [-0.4, -0.2) is 40.8 Å². The minimum atomic E-state index is -0.360. The molecule has 1 fully saturated rings. The van der Waals surface area contributed by atoms with E-state index < -0.39 is 0 Å². The lowest BCUT2D eigenvalue weighted by Gasteiger charge is -2.32. The van der Waals surface area contributed by atoms with Crippen LogP contribution in [0, 0.1) is 19.7 Å². The summed E-state index contributed by atoms with van der Waals surface area (Å²) in [7, 11) is 0. The number of amides is 1. The van der Waals surface area contributed by atoms with Gasteiger partial charge in [0.15, 0.2) is 0 Å². The Kier molecular flexibility index (Phi) is 5.33. The third-order valence-electron chi connectivity index (χ3n) is 4.39. The molecule has 0 saturated carbocycles. The van der Waals surface area contributed by atoms with Crippen LogP contribution in [0.4, 0.5) is 4.39 Å². The van der Waals surface area contributed by atoms with Crippen LogP contribution in [0.5, 0.6) is 5.75 Å². The predicted molar refractivity (Wildman–Crippen MR) is 89.9 cm³/mol. The first-order valence-corrected chi connectivity index (χ1v) is 8.30. The molecule has 1 aliphatic rings. The van der Waals surface area contributed by atoms with E-state index in [1.165, 1.54) is 12.1 Å². The first-order chi connectivity index (χ1) is 12.0. The molecule has 0 bridgehead atoms. The molecule has 1 saturated heterocycles. The standard InChI is InChI=1S/C18H22FN3O3/c1-12-13(2)22(11-20-12)9-18(23)21-16-6-7-24-10-17(16)25-15-5-3-4-14(19)8-15/h3-5,8,11,16-17H,6-7,9-10H2,1-2H3,(H,21,23)/t16-,17-/m1/s1. The second-order valence-corrected chi connectivity index (χ2v) is 6.19. The van der Waals surface area contributed by atoms with E-state index >= 15 is 0 Å². The highest BCUT2D eigenvalue weighted by Gasteiger charge is 2.29. The minimum absolute atomic E-state index is 0.111. The molecule has 1 aromatic carbocycles. The van der Waals surface area contributed by atoms with Crippen LogP contribution in [0.25, 0.3) is 0 Å². The molecule has 7 heteroatoms. The Morgan fingerprint density at radius 3 is 3.04 bits per heavy atom. The molecular weight excluding hydrogens is 325 g/mol. The second-order valence-electron chi connectivity index (χ2n) is 6.19. The number of aromatic nitrogens is 2. The van der Waals surface area contributed by atoms with Crippen LogP contribution in [0.15, 0.2) is 30.6 Å². The molecule has 0 unspecified atom stereocenters. The lowest BCUT2D eigenvalue weighted by Crippen LogP contribution is -2.52. The van der Waals surface area contributed by atoms with Gasteiger partial charge >= 0.3 is 0 Å². The number of ether oxygens (including phenoxy) is 2. The van der Waals surface area contributed by atoms with Crippen molar-refractivity contribution in [1.82, 2.24) is 14.9 Å². The van der Waals surface area contributed by atoms with Crippen LogP contribution in [0.3, 0.4) is 0 Å². The fourth-order valence-electron chi connectivity index (χ4n) is 2.82. The highest BCUT2D eigenvalue weighted by atomic mass is 19.1. The molecule has 0 aliphatic carbocycles. The quantitative estimate of drug-likeness (QED) is 0.898. The van der Waals surface area contributed by atoms with E-state index in [1.54, 1.807) is 18.5 Å². The van der Waals surface area contributed by atoms with E-state index in [1.807, 2.05) is 18.4 Å². The molecule has 2 atom stereocenters. The van der Waals surface area contributed by atoms with Gasteiger partial charge in [0, 0.05) is 18.4 Å². The Morgan fingerprint density at radius 2 is 2.32 bits per heavy atom. The Balaban J connectivity index is 1.62. The molecule has 0 radical (unpaired) electrons. The SMILES string of the molecule is Cc1ncn(CC(=O)N[C@@H]2CCOC[C@H]2Oc2cccc(F)c2)c1C. The van der Waals surface area contributed by atoms with Gasteiger partial charge in [-0.15, -0.1) is 0 Å². The highest BCUT2D eigenvalue weighted by Crippen LogP contribution is 2.19. The minimum Gasteiger partial charge on any atom is -0.486 e. The summed E-state index contributed by atoms with van der Waals surface area (Å²) < 4.78 is 26.4. The second kappa shape index (κ2) is 7.65. The first kappa shape index (κ1) is 17.4. The van der Waals surface area contributed by atoms with Gasteiger partial charge in [-0.2, -0.15) is 0 Å². The van der Waals surface area contributed by atoms with Gasteiger partial charge in [-0.3, -0.25) is 4.79 Å². The number of carbonyl (C=O) groups is 1. The summed E-state index contributed by atoms with van der Waals surface area (Å²) in [6, 6.07) is 5.78. The normalized spacial score (nSPS) is 20.3. The smallest absolute Gasteiger partial charge is 0.240 e. The lowest BCUT2D eigenvalue weighted by atomic mass is 10.1.